The van der Waals surface area contributed by atoms with Crippen molar-refractivity contribution in [1.29, 1.82) is 0 Å². The quantitative estimate of drug-likeness (QED) is 0.745. The van der Waals surface area contributed by atoms with E-state index >= 15 is 0 Å². The van der Waals surface area contributed by atoms with Crippen molar-refractivity contribution in [1.82, 2.24) is 5.32 Å². The van der Waals surface area contributed by atoms with E-state index in [2.05, 4.69) is 17.6 Å². The average molecular weight is 340 g/mol. The summed E-state index contributed by atoms with van der Waals surface area (Å²) in [5, 5.41) is 5.51. The number of hydrogen-bond donors (Lipinski definition) is 2. The molecule has 0 spiro atoms. The highest BCUT2D eigenvalue weighted by Crippen LogP contribution is 2.20. The number of aryl methyl sites for hydroxylation is 1. The zero-order valence-electron chi connectivity index (χ0n) is 14.7. The van der Waals surface area contributed by atoms with Crippen LogP contribution in [0.15, 0.2) is 48.5 Å². The maximum atomic E-state index is 12.1. The number of benzene rings is 2. The number of carbonyl (C=O) groups excluding carboxylic acids is 2. The van der Waals surface area contributed by atoms with E-state index in [1.165, 1.54) is 7.11 Å². The third-order valence-corrected chi connectivity index (χ3v) is 3.85. The van der Waals surface area contributed by atoms with Crippen molar-refractivity contribution in [3.8, 4) is 0 Å². The van der Waals surface area contributed by atoms with Gasteiger partial charge >= 0.3 is 12.0 Å². The largest absolute Gasteiger partial charge is 0.465 e. The van der Waals surface area contributed by atoms with E-state index < -0.39 is 5.97 Å². The third kappa shape index (κ3) is 5.64. The summed E-state index contributed by atoms with van der Waals surface area (Å²) in [6.07, 6.45) is 3.02. The molecule has 2 N–H and O–H groups in total. The van der Waals surface area contributed by atoms with Crippen molar-refractivity contribution in [2.75, 3.05) is 12.4 Å². The maximum absolute atomic E-state index is 12.1. The van der Waals surface area contributed by atoms with Crippen molar-refractivity contribution >= 4 is 17.7 Å². The first-order valence-electron chi connectivity index (χ1n) is 8.44. The Morgan fingerprint density at radius 2 is 1.80 bits per heavy atom. The molecule has 0 aliphatic heterocycles. The van der Waals surface area contributed by atoms with E-state index in [-0.39, 0.29) is 6.03 Å². The molecule has 0 saturated carbocycles. The highest BCUT2D eigenvalue weighted by Gasteiger charge is 2.14. The van der Waals surface area contributed by atoms with E-state index in [0.717, 1.165) is 30.4 Å². The summed E-state index contributed by atoms with van der Waals surface area (Å²) in [7, 11) is 1.33. The molecule has 2 aromatic carbocycles. The van der Waals surface area contributed by atoms with Gasteiger partial charge in [0.25, 0.3) is 0 Å². The molecular formula is C20H24N2O3. The topological polar surface area (TPSA) is 67.4 Å². The lowest BCUT2D eigenvalue weighted by molar-refractivity contribution is 0.0602. The number of carbonyl (C=O) groups is 2. The monoisotopic (exact) mass is 340 g/mol. The Kier molecular flexibility index (Phi) is 7.01. The number of methoxy groups -OCH3 is 1. The van der Waals surface area contributed by atoms with Crippen LogP contribution in [0.2, 0.25) is 0 Å². The van der Waals surface area contributed by atoms with Crippen LogP contribution in [0.5, 0.6) is 0 Å². The number of unbranched alkanes of at least 4 members (excludes halogenated alkanes) is 1. The molecule has 2 amide bonds. The normalized spacial score (nSPS) is 10.2. The van der Waals surface area contributed by atoms with E-state index in [9.17, 15) is 9.59 Å². The van der Waals surface area contributed by atoms with Gasteiger partial charge in [-0.25, -0.2) is 9.59 Å². The number of amides is 2. The maximum Gasteiger partial charge on any atom is 0.339 e. The lowest BCUT2D eigenvalue weighted by Gasteiger charge is -2.12. The standard InChI is InChI=1S/C20H24N2O3/c1-3-4-8-15-11-12-18(17(13-15)19(23)25-2)22-20(24)21-14-16-9-6-5-7-10-16/h5-7,9-13H,3-4,8,14H2,1-2H3,(H2,21,22,24). The molecule has 0 aliphatic carbocycles. The van der Waals surface area contributed by atoms with Crippen molar-refractivity contribution in [3.63, 3.8) is 0 Å². The molecule has 0 heterocycles. The van der Waals surface area contributed by atoms with Gasteiger partial charge in [-0.3, -0.25) is 0 Å². The Bertz CT molecular complexity index is 714. The Balaban J connectivity index is 2.06. The predicted octanol–water partition coefficient (Wildman–Crippen LogP) is 4.14. The Labute approximate surface area is 148 Å². The van der Waals surface area contributed by atoms with Gasteiger partial charge in [0.05, 0.1) is 18.4 Å². The second kappa shape index (κ2) is 9.47. The van der Waals surface area contributed by atoms with Gasteiger partial charge in [-0.05, 0) is 36.1 Å². The zero-order chi connectivity index (χ0) is 18.1. The number of anilines is 1. The Morgan fingerprint density at radius 1 is 1.04 bits per heavy atom. The van der Waals surface area contributed by atoms with Crippen LogP contribution < -0.4 is 10.6 Å². The summed E-state index contributed by atoms with van der Waals surface area (Å²) in [6, 6.07) is 14.7. The molecule has 132 valence electrons. The highest BCUT2D eigenvalue weighted by molar-refractivity contribution is 6.01. The van der Waals surface area contributed by atoms with E-state index in [0.29, 0.717) is 17.8 Å². The third-order valence-electron chi connectivity index (χ3n) is 3.85. The molecule has 0 aromatic heterocycles. The minimum atomic E-state index is -0.461. The summed E-state index contributed by atoms with van der Waals surface area (Å²) < 4.78 is 4.84. The molecule has 0 radical (unpaired) electrons. The molecule has 0 unspecified atom stereocenters. The SMILES string of the molecule is CCCCc1ccc(NC(=O)NCc2ccccc2)c(C(=O)OC)c1. The number of urea groups is 1. The van der Waals surface area contributed by atoms with E-state index in [1.807, 2.05) is 36.4 Å². The molecule has 0 fully saturated rings. The van der Waals surface area contributed by atoms with Gasteiger partial charge in [0.15, 0.2) is 0 Å². The van der Waals surface area contributed by atoms with Crippen LogP contribution in [0.3, 0.4) is 0 Å². The second-order valence-corrected chi connectivity index (χ2v) is 5.77. The molecule has 0 aliphatic rings. The van der Waals surface area contributed by atoms with Crippen LogP contribution in [0.25, 0.3) is 0 Å². The van der Waals surface area contributed by atoms with E-state index in [1.54, 1.807) is 12.1 Å². The van der Waals surface area contributed by atoms with Crippen LogP contribution in [0.4, 0.5) is 10.5 Å². The minimum Gasteiger partial charge on any atom is -0.465 e. The van der Waals surface area contributed by atoms with Crippen LogP contribution in [-0.2, 0) is 17.7 Å². The summed E-state index contributed by atoms with van der Waals surface area (Å²) in [4.78, 5) is 24.2. The van der Waals surface area contributed by atoms with Crippen molar-refractivity contribution in [2.24, 2.45) is 0 Å². The van der Waals surface area contributed by atoms with Gasteiger partial charge in [0, 0.05) is 6.54 Å². The Hall–Kier alpha value is -2.82. The fraction of sp³-hybridized carbons (Fsp3) is 0.300. The lowest BCUT2D eigenvalue weighted by atomic mass is 10.0. The number of nitrogens with one attached hydrogen (secondary N) is 2. The summed E-state index contributed by atoms with van der Waals surface area (Å²) in [5.41, 5.74) is 2.86. The first-order valence-corrected chi connectivity index (χ1v) is 8.44. The van der Waals surface area contributed by atoms with Gasteiger partial charge in [0.1, 0.15) is 0 Å². The van der Waals surface area contributed by atoms with E-state index in [4.69, 9.17) is 4.74 Å². The second-order valence-electron chi connectivity index (χ2n) is 5.77. The number of hydrogen-bond acceptors (Lipinski definition) is 3. The van der Waals surface area contributed by atoms with Gasteiger partial charge < -0.3 is 15.4 Å². The first kappa shape index (κ1) is 18.5. The van der Waals surface area contributed by atoms with Crippen LogP contribution in [-0.4, -0.2) is 19.1 Å². The molecule has 25 heavy (non-hydrogen) atoms. The summed E-state index contributed by atoms with van der Waals surface area (Å²) >= 11 is 0. The summed E-state index contributed by atoms with van der Waals surface area (Å²) in [6.45, 7) is 2.53. The molecule has 0 saturated heterocycles. The number of ether oxygens (including phenoxy) is 1. The molecule has 0 bridgehead atoms. The van der Waals surface area contributed by atoms with Crippen molar-refractivity contribution in [3.05, 3.63) is 65.2 Å². The van der Waals surface area contributed by atoms with Crippen molar-refractivity contribution < 1.29 is 14.3 Å². The lowest BCUT2D eigenvalue weighted by Crippen LogP contribution is -2.29. The van der Waals surface area contributed by atoms with Crippen LogP contribution in [0.1, 0.15) is 41.3 Å². The number of esters is 1. The van der Waals surface area contributed by atoms with Crippen LogP contribution >= 0.6 is 0 Å². The van der Waals surface area contributed by atoms with Gasteiger partial charge in [0.2, 0.25) is 0 Å². The minimum absolute atomic E-state index is 0.365. The van der Waals surface area contributed by atoms with Crippen molar-refractivity contribution in [2.45, 2.75) is 32.7 Å². The van der Waals surface area contributed by atoms with Gasteiger partial charge in [-0.1, -0.05) is 49.7 Å². The zero-order valence-corrected chi connectivity index (χ0v) is 14.7. The van der Waals surface area contributed by atoms with Crippen LogP contribution in [0, 0.1) is 0 Å². The van der Waals surface area contributed by atoms with Gasteiger partial charge in [-0.15, -0.1) is 0 Å². The number of rotatable bonds is 7. The molecular weight excluding hydrogens is 316 g/mol. The molecule has 5 nitrogen and oxygen atoms in total. The highest BCUT2D eigenvalue weighted by atomic mass is 16.5. The molecule has 5 heteroatoms. The first-order chi connectivity index (χ1) is 12.1. The summed E-state index contributed by atoms with van der Waals surface area (Å²) in [5.74, 6) is -0.461. The smallest absolute Gasteiger partial charge is 0.339 e. The predicted molar refractivity (Wildman–Crippen MR) is 98.7 cm³/mol. The Morgan fingerprint density at radius 3 is 2.48 bits per heavy atom. The molecule has 0 atom stereocenters. The molecule has 2 aromatic rings. The fourth-order valence-corrected chi connectivity index (χ4v) is 2.46. The molecule has 2 rings (SSSR count). The van der Waals surface area contributed by atoms with Gasteiger partial charge in [-0.2, -0.15) is 0 Å². The average Bonchev–Trinajstić information content (AvgIpc) is 2.65. The fourth-order valence-electron chi connectivity index (χ4n) is 2.46.